The molecule has 0 amide bonds. The smallest absolute Gasteiger partial charge is 0.188 e. The van der Waals surface area contributed by atoms with Crippen LogP contribution in [0, 0.1) is 5.92 Å². The number of hydrogen-bond donors (Lipinski definition) is 1. The molecule has 2 rings (SSSR count). The van der Waals surface area contributed by atoms with Gasteiger partial charge in [0.15, 0.2) is 5.06 Å². The molecule has 96 valence electrons. The van der Waals surface area contributed by atoms with E-state index >= 15 is 0 Å². The van der Waals surface area contributed by atoms with E-state index < -0.39 is 0 Å². The minimum Gasteiger partial charge on any atom is -0.486 e. The van der Waals surface area contributed by atoms with Crippen molar-refractivity contribution < 1.29 is 9.84 Å². The number of thiophene rings is 1. The zero-order valence-electron chi connectivity index (χ0n) is 9.99. The number of methoxy groups -OCH3 is 1. The molecule has 0 aromatic carbocycles. The summed E-state index contributed by atoms with van der Waals surface area (Å²) < 4.78 is 6.31. The minimum absolute atomic E-state index is 0.313. The lowest BCUT2D eigenvalue weighted by molar-refractivity contribution is 0.116. The highest BCUT2D eigenvalue weighted by molar-refractivity contribution is 9.10. The molecule has 1 aromatic heterocycles. The number of aliphatic hydroxyl groups is 1. The lowest BCUT2D eigenvalue weighted by atomic mass is 9.99. The number of likely N-dealkylation sites (tertiary alicyclic amines) is 1. The van der Waals surface area contributed by atoms with Gasteiger partial charge in [0, 0.05) is 24.6 Å². The Morgan fingerprint density at radius 2 is 2.47 bits per heavy atom. The third-order valence-corrected chi connectivity index (χ3v) is 5.07. The Bertz CT molecular complexity index is 369. The molecule has 1 aromatic rings. The second-order valence-electron chi connectivity index (χ2n) is 4.48. The summed E-state index contributed by atoms with van der Waals surface area (Å²) in [7, 11) is 1.70. The number of piperidine rings is 1. The van der Waals surface area contributed by atoms with Crippen LogP contribution in [0.2, 0.25) is 0 Å². The first-order valence-electron chi connectivity index (χ1n) is 5.88. The van der Waals surface area contributed by atoms with Gasteiger partial charge in [0.25, 0.3) is 0 Å². The van der Waals surface area contributed by atoms with E-state index in [4.69, 9.17) is 4.74 Å². The number of rotatable bonds is 4. The Kier molecular flexibility index (Phi) is 4.85. The molecule has 1 atom stereocenters. The topological polar surface area (TPSA) is 32.7 Å². The molecule has 1 saturated heterocycles. The van der Waals surface area contributed by atoms with Crippen molar-refractivity contribution in [1.29, 1.82) is 0 Å². The van der Waals surface area contributed by atoms with Crippen molar-refractivity contribution in [2.45, 2.75) is 19.4 Å². The number of aliphatic hydroxyl groups excluding tert-OH is 1. The minimum atomic E-state index is 0.313. The van der Waals surface area contributed by atoms with E-state index in [-0.39, 0.29) is 0 Å². The summed E-state index contributed by atoms with van der Waals surface area (Å²) in [5, 5.41) is 10.2. The zero-order chi connectivity index (χ0) is 12.3. The summed E-state index contributed by atoms with van der Waals surface area (Å²) in [5.74, 6) is 0.453. The zero-order valence-corrected chi connectivity index (χ0v) is 12.4. The number of ether oxygens (including phenoxy) is 1. The molecule has 0 bridgehead atoms. The first-order chi connectivity index (χ1) is 8.22. The molecule has 1 N–H and O–H groups in total. The third-order valence-electron chi connectivity index (χ3n) is 3.13. The molecule has 1 aliphatic heterocycles. The van der Waals surface area contributed by atoms with Gasteiger partial charge in [-0.25, -0.2) is 0 Å². The van der Waals surface area contributed by atoms with Gasteiger partial charge in [0.05, 0.1) is 11.6 Å². The van der Waals surface area contributed by atoms with E-state index in [1.54, 1.807) is 18.4 Å². The van der Waals surface area contributed by atoms with Gasteiger partial charge in [0.2, 0.25) is 0 Å². The van der Waals surface area contributed by atoms with Crippen LogP contribution in [0.3, 0.4) is 0 Å². The van der Waals surface area contributed by atoms with E-state index in [1.807, 2.05) is 0 Å². The monoisotopic (exact) mass is 319 g/mol. The largest absolute Gasteiger partial charge is 0.486 e. The molecule has 0 aliphatic carbocycles. The van der Waals surface area contributed by atoms with Crippen molar-refractivity contribution in [3.05, 3.63) is 15.4 Å². The highest BCUT2D eigenvalue weighted by Gasteiger charge is 2.20. The Hall–Kier alpha value is -0.100. The van der Waals surface area contributed by atoms with Gasteiger partial charge >= 0.3 is 0 Å². The lowest BCUT2D eigenvalue weighted by Gasteiger charge is -2.31. The summed E-state index contributed by atoms with van der Waals surface area (Å²) in [6.07, 6.45) is 2.35. The van der Waals surface area contributed by atoms with Crippen molar-refractivity contribution in [3.63, 3.8) is 0 Å². The van der Waals surface area contributed by atoms with Crippen molar-refractivity contribution in [2.24, 2.45) is 5.92 Å². The normalized spacial score (nSPS) is 21.7. The molecular weight excluding hydrogens is 302 g/mol. The number of halogens is 1. The van der Waals surface area contributed by atoms with E-state index in [9.17, 15) is 5.11 Å². The molecule has 3 nitrogen and oxygen atoms in total. The lowest BCUT2D eigenvalue weighted by Crippen LogP contribution is -2.36. The summed E-state index contributed by atoms with van der Waals surface area (Å²) >= 11 is 5.18. The Morgan fingerprint density at radius 1 is 1.65 bits per heavy atom. The van der Waals surface area contributed by atoms with E-state index in [1.165, 1.54) is 11.3 Å². The molecule has 0 saturated carbocycles. The van der Waals surface area contributed by atoms with Crippen LogP contribution in [0.15, 0.2) is 10.5 Å². The summed E-state index contributed by atoms with van der Waals surface area (Å²) in [6, 6.07) is 2.13. The van der Waals surface area contributed by atoms with E-state index in [0.717, 1.165) is 35.6 Å². The maximum atomic E-state index is 9.21. The Morgan fingerprint density at radius 3 is 3.12 bits per heavy atom. The van der Waals surface area contributed by atoms with Crippen LogP contribution >= 0.6 is 27.3 Å². The average Bonchev–Trinajstić information content (AvgIpc) is 2.69. The summed E-state index contributed by atoms with van der Waals surface area (Å²) in [5.41, 5.74) is 0. The highest BCUT2D eigenvalue weighted by atomic mass is 79.9. The van der Waals surface area contributed by atoms with E-state index in [0.29, 0.717) is 12.5 Å². The maximum Gasteiger partial charge on any atom is 0.188 e. The highest BCUT2D eigenvalue weighted by Crippen LogP contribution is 2.35. The molecule has 2 heterocycles. The van der Waals surface area contributed by atoms with Crippen LogP contribution in [-0.2, 0) is 6.54 Å². The van der Waals surface area contributed by atoms with Crippen LogP contribution in [-0.4, -0.2) is 36.8 Å². The van der Waals surface area contributed by atoms with Crippen molar-refractivity contribution in [2.75, 3.05) is 26.8 Å². The second kappa shape index (κ2) is 6.18. The summed E-state index contributed by atoms with van der Waals surface area (Å²) in [6.45, 7) is 3.42. The molecule has 0 spiro atoms. The van der Waals surface area contributed by atoms with Crippen molar-refractivity contribution >= 4 is 27.3 Å². The molecule has 0 radical (unpaired) electrons. The molecule has 5 heteroatoms. The van der Waals surface area contributed by atoms with Crippen LogP contribution in [0.25, 0.3) is 0 Å². The van der Waals surface area contributed by atoms with Crippen LogP contribution in [0.1, 0.15) is 17.7 Å². The van der Waals surface area contributed by atoms with Crippen molar-refractivity contribution in [3.8, 4) is 5.06 Å². The summed E-state index contributed by atoms with van der Waals surface area (Å²) in [4.78, 5) is 3.73. The number of nitrogens with zero attached hydrogens (tertiary/aromatic N) is 1. The molecular formula is C12H18BrNO2S. The first-order valence-corrected chi connectivity index (χ1v) is 7.49. The van der Waals surface area contributed by atoms with Crippen LogP contribution < -0.4 is 4.74 Å². The Balaban J connectivity index is 1.95. The maximum absolute atomic E-state index is 9.21. The fourth-order valence-electron chi connectivity index (χ4n) is 2.28. The quantitative estimate of drug-likeness (QED) is 0.926. The van der Waals surface area contributed by atoms with Crippen LogP contribution in [0.5, 0.6) is 5.06 Å². The predicted molar refractivity (Wildman–Crippen MR) is 73.7 cm³/mol. The van der Waals surface area contributed by atoms with Gasteiger partial charge in [-0.15, -0.1) is 11.3 Å². The molecule has 1 fully saturated rings. The SMILES string of the molecule is COc1sc(CN2CCCC(CO)C2)cc1Br. The molecule has 1 unspecified atom stereocenters. The standard InChI is InChI=1S/C12H18BrNO2S/c1-16-12-11(13)5-10(17-12)7-14-4-2-3-9(6-14)8-15/h5,9,15H,2-4,6-8H2,1H3. The fourth-order valence-corrected chi connectivity index (χ4v) is 4.01. The van der Waals surface area contributed by atoms with Gasteiger partial charge in [-0.3, -0.25) is 4.90 Å². The molecule has 17 heavy (non-hydrogen) atoms. The average molecular weight is 320 g/mol. The third kappa shape index (κ3) is 3.44. The van der Waals surface area contributed by atoms with Gasteiger partial charge in [-0.2, -0.15) is 0 Å². The first kappa shape index (κ1) is 13.3. The number of hydrogen-bond acceptors (Lipinski definition) is 4. The van der Waals surface area contributed by atoms with Crippen LogP contribution in [0.4, 0.5) is 0 Å². The Labute approximate surface area is 115 Å². The second-order valence-corrected chi connectivity index (χ2v) is 6.43. The van der Waals surface area contributed by atoms with Gasteiger partial charge in [-0.05, 0) is 47.3 Å². The van der Waals surface area contributed by atoms with Gasteiger partial charge < -0.3 is 9.84 Å². The molecule has 1 aliphatic rings. The van der Waals surface area contributed by atoms with Gasteiger partial charge in [-0.1, -0.05) is 0 Å². The van der Waals surface area contributed by atoms with Gasteiger partial charge in [0.1, 0.15) is 0 Å². The van der Waals surface area contributed by atoms with Crippen molar-refractivity contribution in [1.82, 2.24) is 4.90 Å². The van der Waals surface area contributed by atoms with E-state index in [2.05, 4.69) is 26.9 Å². The predicted octanol–water partition coefficient (Wildman–Crippen LogP) is 2.72. The fraction of sp³-hybridized carbons (Fsp3) is 0.667.